The smallest absolute Gasteiger partial charge is 0.272 e. The van der Waals surface area contributed by atoms with Crippen molar-refractivity contribution in [2.75, 3.05) is 50.5 Å². The number of aromatic nitrogens is 1. The van der Waals surface area contributed by atoms with Gasteiger partial charge in [0.2, 0.25) is 6.41 Å². The Kier molecular flexibility index (Phi) is 5.36. The first-order chi connectivity index (χ1) is 12.6. The molecule has 2 aromatic rings. The van der Waals surface area contributed by atoms with Gasteiger partial charge in [0.15, 0.2) is 0 Å². The van der Waals surface area contributed by atoms with Gasteiger partial charge in [-0.05, 0) is 36.4 Å². The summed E-state index contributed by atoms with van der Waals surface area (Å²) in [4.78, 5) is 33.0. The minimum absolute atomic E-state index is 0.0996. The topological polar surface area (TPSA) is 68.8 Å². The Morgan fingerprint density at radius 1 is 1.04 bits per heavy atom. The maximum Gasteiger partial charge on any atom is 0.272 e. The maximum atomic E-state index is 12.5. The van der Waals surface area contributed by atoms with Crippen molar-refractivity contribution in [3.8, 4) is 0 Å². The molecule has 3 rings (SSSR count). The van der Waals surface area contributed by atoms with Crippen LogP contribution in [0.4, 0.5) is 17.1 Å². The molecule has 0 atom stereocenters. The number of nitrogens with one attached hydrogen (secondary N) is 1. The fraction of sp³-hybridized carbons (Fsp3) is 0.316. The van der Waals surface area contributed by atoms with Crippen LogP contribution in [-0.2, 0) is 4.79 Å². The lowest BCUT2D eigenvalue weighted by molar-refractivity contribution is -0.119. The Balaban J connectivity index is 1.61. The number of nitrogens with zero attached hydrogens (tertiary/aromatic N) is 4. The average Bonchev–Trinajstić information content (AvgIpc) is 2.68. The average molecular weight is 353 g/mol. The zero-order valence-electron chi connectivity index (χ0n) is 15.1. The number of anilines is 3. The number of piperazine rings is 1. The van der Waals surface area contributed by atoms with Crippen LogP contribution in [0.1, 0.15) is 10.5 Å². The van der Waals surface area contributed by atoms with Crippen molar-refractivity contribution in [3.05, 3.63) is 48.3 Å². The molecule has 1 aromatic heterocycles. The molecule has 0 spiro atoms. The summed E-state index contributed by atoms with van der Waals surface area (Å²) < 4.78 is 0. The van der Waals surface area contributed by atoms with E-state index in [0.717, 1.165) is 23.5 Å². The zero-order valence-corrected chi connectivity index (χ0v) is 15.1. The third-order valence-corrected chi connectivity index (χ3v) is 4.41. The van der Waals surface area contributed by atoms with E-state index < -0.39 is 0 Å². The van der Waals surface area contributed by atoms with E-state index in [-0.39, 0.29) is 5.91 Å². The van der Waals surface area contributed by atoms with Gasteiger partial charge in [0, 0.05) is 51.6 Å². The zero-order chi connectivity index (χ0) is 18.5. The molecule has 1 aliphatic heterocycles. The van der Waals surface area contributed by atoms with Gasteiger partial charge < -0.3 is 20.0 Å². The molecule has 1 saturated heterocycles. The van der Waals surface area contributed by atoms with Crippen molar-refractivity contribution in [1.82, 2.24) is 14.8 Å². The second-order valence-electron chi connectivity index (χ2n) is 6.43. The Bertz CT molecular complexity index is 751. The molecule has 7 heteroatoms. The predicted octanol–water partition coefficient (Wildman–Crippen LogP) is 1.81. The van der Waals surface area contributed by atoms with Crippen LogP contribution in [-0.4, -0.2) is 67.4 Å². The number of pyridine rings is 1. The lowest BCUT2D eigenvalue weighted by Crippen LogP contribution is -2.48. The first-order valence-electron chi connectivity index (χ1n) is 8.56. The van der Waals surface area contributed by atoms with Gasteiger partial charge in [-0.25, -0.2) is 4.98 Å². The molecule has 136 valence electrons. The molecule has 1 N–H and O–H groups in total. The Hall–Kier alpha value is -3.09. The number of amides is 2. The van der Waals surface area contributed by atoms with E-state index in [2.05, 4.69) is 10.3 Å². The summed E-state index contributed by atoms with van der Waals surface area (Å²) in [6.45, 7) is 2.21. The molecule has 0 aliphatic carbocycles. The van der Waals surface area contributed by atoms with Crippen LogP contribution in [0.2, 0.25) is 0 Å². The number of hydrogen-bond donors (Lipinski definition) is 1. The largest absolute Gasteiger partial charge is 0.378 e. The van der Waals surface area contributed by atoms with Crippen LogP contribution in [0.3, 0.4) is 0 Å². The fourth-order valence-corrected chi connectivity index (χ4v) is 2.80. The number of carbonyl (C=O) groups is 2. The first-order valence-corrected chi connectivity index (χ1v) is 8.56. The summed E-state index contributed by atoms with van der Waals surface area (Å²) in [6, 6.07) is 11.6. The highest BCUT2D eigenvalue weighted by Crippen LogP contribution is 2.20. The van der Waals surface area contributed by atoms with Crippen molar-refractivity contribution in [1.29, 1.82) is 0 Å². The lowest BCUT2D eigenvalue weighted by Gasteiger charge is -2.32. The molecule has 1 aromatic carbocycles. The Labute approximate surface area is 153 Å². The summed E-state index contributed by atoms with van der Waals surface area (Å²) in [5.74, 6) is -0.0996. The third-order valence-electron chi connectivity index (χ3n) is 4.41. The second kappa shape index (κ2) is 7.86. The Morgan fingerprint density at radius 3 is 2.23 bits per heavy atom. The quantitative estimate of drug-likeness (QED) is 0.830. The molecule has 7 nitrogen and oxygen atoms in total. The summed E-state index contributed by atoms with van der Waals surface area (Å²) >= 11 is 0. The summed E-state index contributed by atoms with van der Waals surface area (Å²) in [5, 5.41) is 3.28. The van der Waals surface area contributed by atoms with Gasteiger partial charge in [0.05, 0.1) is 11.9 Å². The van der Waals surface area contributed by atoms with Gasteiger partial charge >= 0.3 is 0 Å². The molecular formula is C19H23N5O2. The molecule has 0 unspecified atom stereocenters. The van der Waals surface area contributed by atoms with E-state index in [9.17, 15) is 9.59 Å². The predicted molar refractivity (Wildman–Crippen MR) is 102 cm³/mol. The number of carbonyl (C=O) groups excluding carboxylic acids is 2. The molecule has 2 amide bonds. The van der Waals surface area contributed by atoms with Crippen molar-refractivity contribution < 1.29 is 9.59 Å². The number of benzene rings is 1. The van der Waals surface area contributed by atoms with E-state index in [4.69, 9.17) is 0 Å². The summed E-state index contributed by atoms with van der Waals surface area (Å²) in [6.07, 6.45) is 2.49. The fourth-order valence-electron chi connectivity index (χ4n) is 2.80. The van der Waals surface area contributed by atoms with Crippen LogP contribution in [0.25, 0.3) is 0 Å². The van der Waals surface area contributed by atoms with Crippen LogP contribution >= 0.6 is 0 Å². The number of hydrogen-bond acceptors (Lipinski definition) is 5. The second-order valence-corrected chi connectivity index (χ2v) is 6.43. The molecule has 0 saturated carbocycles. The summed E-state index contributed by atoms with van der Waals surface area (Å²) in [5.41, 5.74) is 3.33. The van der Waals surface area contributed by atoms with E-state index in [1.165, 1.54) is 0 Å². The lowest BCUT2D eigenvalue weighted by atomic mass is 10.2. The molecular weight excluding hydrogens is 330 g/mol. The van der Waals surface area contributed by atoms with Gasteiger partial charge in [-0.3, -0.25) is 9.59 Å². The van der Waals surface area contributed by atoms with Gasteiger partial charge in [-0.15, -0.1) is 0 Å². The van der Waals surface area contributed by atoms with Gasteiger partial charge in [0.25, 0.3) is 5.91 Å². The minimum Gasteiger partial charge on any atom is -0.378 e. The van der Waals surface area contributed by atoms with Crippen LogP contribution in [0, 0.1) is 0 Å². The highest BCUT2D eigenvalue weighted by atomic mass is 16.2. The molecule has 26 heavy (non-hydrogen) atoms. The van der Waals surface area contributed by atoms with Gasteiger partial charge in [-0.1, -0.05) is 0 Å². The highest BCUT2D eigenvalue weighted by molar-refractivity contribution is 5.92. The van der Waals surface area contributed by atoms with Crippen LogP contribution in [0.5, 0.6) is 0 Å². The summed E-state index contributed by atoms with van der Waals surface area (Å²) in [7, 11) is 4.00. The molecule has 0 bridgehead atoms. The van der Waals surface area contributed by atoms with Crippen molar-refractivity contribution in [2.45, 2.75) is 0 Å². The van der Waals surface area contributed by atoms with Crippen LogP contribution in [0.15, 0.2) is 42.6 Å². The SMILES string of the molecule is CN(C)c1ccc(Nc2ccc(C(=O)N3CCN(C=O)CC3)nc2)cc1. The van der Waals surface area contributed by atoms with E-state index in [1.54, 1.807) is 22.1 Å². The van der Waals surface area contributed by atoms with E-state index in [1.807, 2.05) is 49.3 Å². The standard InChI is InChI=1S/C19H23N5O2/c1-22(2)17-6-3-15(4-7-17)21-16-5-8-18(20-13-16)19(26)24-11-9-23(14-25)10-12-24/h3-8,13-14,21H,9-12H2,1-2H3. The minimum atomic E-state index is -0.0996. The third kappa shape index (κ3) is 4.11. The van der Waals surface area contributed by atoms with E-state index >= 15 is 0 Å². The van der Waals surface area contributed by atoms with Crippen molar-refractivity contribution in [3.63, 3.8) is 0 Å². The van der Waals surface area contributed by atoms with Crippen molar-refractivity contribution >= 4 is 29.4 Å². The van der Waals surface area contributed by atoms with Crippen molar-refractivity contribution in [2.24, 2.45) is 0 Å². The van der Waals surface area contributed by atoms with Gasteiger partial charge in [0.1, 0.15) is 5.69 Å². The Morgan fingerprint density at radius 2 is 1.69 bits per heavy atom. The normalized spacial score (nSPS) is 14.1. The molecule has 1 aliphatic rings. The molecule has 0 radical (unpaired) electrons. The van der Waals surface area contributed by atoms with Crippen LogP contribution < -0.4 is 10.2 Å². The first kappa shape index (κ1) is 17.7. The monoisotopic (exact) mass is 353 g/mol. The van der Waals surface area contributed by atoms with Gasteiger partial charge in [-0.2, -0.15) is 0 Å². The molecule has 1 fully saturated rings. The highest BCUT2D eigenvalue weighted by Gasteiger charge is 2.22. The molecule has 2 heterocycles. The van der Waals surface area contributed by atoms with E-state index in [0.29, 0.717) is 31.9 Å². The maximum absolute atomic E-state index is 12.5. The number of rotatable bonds is 5.